The quantitative estimate of drug-likeness (QED) is 0.866. The number of anilines is 1. The van der Waals surface area contributed by atoms with Gasteiger partial charge in [0.15, 0.2) is 11.6 Å². The standard InChI is InChI=1S/C11H11FN2O2/c1-2-15-10-4-3-7(5-9(10)12)8-6-14-16-11(8)13/h3-6H,2,13H2,1H3. The molecule has 84 valence electrons. The lowest BCUT2D eigenvalue weighted by Crippen LogP contribution is -1.94. The van der Waals surface area contributed by atoms with Gasteiger partial charge < -0.3 is 15.0 Å². The minimum atomic E-state index is -0.431. The van der Waals surface area contributed by atoms with Crippen molar-refractivity contribution in [3.05, 3.63) is 30.2 Å². The van der Waals surface area contributed by atoms with E-state index in [0.29, 0.717) is 17.7 Å². The number of rotatable bonds is 3. The Morgan fingerprint density at radius 3 is 2.88 bits per heavy atom. The highest BCUT2D eigenvalue weighted by atomic mass is 19.1. The fourth-order valence-corrected chi connectivity index (χ4v) is 1.41. The Hall–Kier alpha value is -2.04. The number of halogens is 1. The van der Waals surface area contributed by atoms with E-state index in [0.717, 1.165) is 0 Å². The summed E-state index contributed by atoms with van der Waals surface area (Å²) in [5, 5.41) is 3.53. The number of hydrogen-bond acceptors (Lipinski definition) is 4. The van der Waals surface area contributed by atoms with Crippen molar-refractivity contribution in [1.29, 1.82) is 0 Å². The van der Waals surface area contributed by atoms with Gasteiger partial charge in [-0.1, -0.05) is 11.2 Å². The Morgan fingerprint density at radius 2 is 2.31 bits per heavy atom. The molecule has 0 radical (unpaired) electrons. The van der Waals surface area contributed by atoms with Crippen LogP contribution in [0.2, 0.25) is 0 Å². The van der Waals surface area contributed by atoms with Gasteiger partial charge in [0.05, 0.1) is 18.4 Å². The number of nitrogen functional groups attached to an aromatic ring is 1. The first kappa shape index (κ1) is 10.5. The smallest absolute Gasteiger partial charge is 0.229 e. The average molecular weight is 222 g/mol. The van der Waals surface area contributed by atoms with E-state index < -0.39 is 5.82 Å². The van der Waals surface area contributed by atoms with Crippen LogP contribution in [0, 0.1) is 5.82 Å². The zero-order valence-electron chi connectivity index (χ0n) is 8.74. The van der Waals surface area contributed by atoms with Gasteiger partial charge >= 0.3 is 0 Å². The summed E-state index contributed by atoms with van der Waals surface area (Å²) in [6.45, 7) is 2.22. The van der Waals surface area contributed by atoms with Crippen molar-refractivity contribution in [3.8, 4) is 16.9 Å². The highest BCUT2D eigenvalue weighted by Gasteiger charge is 2.10. The van der Waals surface area contributed by atoms with Gasteiger partial charge in [-0.15, -0.1) is 0 Å². The van der Waals surface area contributed by atoms with Crippen molar-refractivity contribution in [2.45, 2.75) is 6.92 Å². The van der Waals surface area contributed by atoms with E-state index in [4.69, 9.17) is 15.0 Å². The molecule has 1 aromatic carbocycles. The van der Waals surface area contributed by atoms with Crippen LogP contribution in [0.3, 0.4) is 0 Å². The molecule has 0 saturated carbocycles. The molecule has 16 heavy (non-hydrogen) atoms. The van der Waals surface area contributed by atoms with E-state index in [1.54, 1.807) is 19.1 Å². The molecule has 2 aromatic rings. The molecule has 0 fully saturated rings. The first-order valence-corrected chi connectivity index (χ1v) is 4.85. The van der Waals surface area contributed by atoms with Crippen molar-refractivity contribution in [2.24, 2.45) is 0 Å². The summed E-state index contributed by atoms with van der Waals surface area (Å²) in [7, 11) is 0. The third kappa shape index (κ3) is 1.84. The predicted molar refractivity (Wildman–Crippen MR) is 57.5 cm³/mol. The maximum atomic E-state index is 13.5. The summed E-state index contributed by atoms with van der Waals surface area (Å²) in [5.74, 6) is -0.0372. The monoisotopic (exact) mass is 222 g/mol. The second-order valence-electron chi connectivity index (χ2n) is 3.18. The Labute approximate surface area is 91.8 Å². The first-order valence-electron chi connectivity index (χ1n) is 4.85. The lowest BCUT2D eigenvalue weighted by molar-refractivity contribution is 0.321. The van der Waals surface area contributed by atoms with Crippen molar-refractivity contribution >= 4 is 5.88 Å². The van der Waals surface area contributed by atoms with E-state index in [1.165, 1.54) is 12.3 Å². The molecule has 1 heterocycles. The van der Waals surface area contributed by atoms with Crippen molar-refractivity contribution < 1.29 is 13.7 Å². The molecule has 2 N–H and O–H groups in total. The highest BCUT2D eigenvalue weighted by molar-refractivity contribution is 5.72. The zero-order chi connectivity index (χ0) is 11.5. The van der Waals surface area contributed by atoms with Crippen LogP contribution < -0.4 is 10.5 Å². The fraction of sp³-hybridized carbons (Fsp3) is 0.182. The number of hydrogen-bond donors (Lipinski definition) is 1. The summed E-state index contributed by atoms with van der Waals surface area (Å²) in [4.78, 5) is 0. The summed E-state index contributed by atoms with van der Waals surface area (Å²) in [6, 6.07) is 4.60. The van der Waals surface area contributed by atoms with Crippen LogP contribution in [0.4, 0.5) is 10.3 Å². The van der Waals surface area contributed by atoms with Crippen LogP contribution in [0.1, 0.15) is 6.92 Å². The Bertz CT molecular complexity index is 496. The summed E-state index contributed by atoms with van der Waals surface area (Å²) < 4.78 is 23.3. The molecule has 0 aliphatic carbocycles. The van der Waals surface area contributed by atoms with Gasteiger partial charge in [0.2, 0.25) is 5.88 Å². The SMILES string of the molecule is CCOc1ccc(-c2cnoc2N)cc1F. The molecule has 0 amide bonds. The highest BCUT2D eigenvalue weighted by Crippen LogP contribution is 2.29. The molecule has 5 heteroatoms. The van der Waals surface area contributed by atoms with E-state index in [1.807, 2.05) is 0 Å². The molecule has 1 aromatic heterocycles. The third-order valence-corrected chi connectivity index (χ3v) is 2.14. The fourth-order valence-electron chi connectivity index (χ4n) is 1.41. The van der Waals surface area contributed by atoms with Crippen molar-refractivity contribution in [1.82, 2.24) is 5.16 Å². The van der Waals surface area contributed by atoms with Crippen LogP contribution in [0.25, 0.3) is 11.1 Å². The molecule has 0 spiro atoms. The first-order chi connectivity index (χ1) is 7.72. The van der Waals surface area contributed by atoms with E-state index in [9.17, 15) is 4.39 Å². The van der Waals surface area contributed by atoms with Gasteiger partial charge in [-0.25, -0.2) is 4.39 Å². The maximum Gasteiger partial charge on any atom is 0.229 e. The van der Waals surface area contributed by atoms with Crippen LogP contribution in [-0.4, -0.2) is 11.8 Å². The van der Waals surface area contributed by atoms with Gasteiger partial charge in [0, 0.05) is 0 Å². The topological polar surface area (TPSA) is 61.3 Å². The molecule has 0 aliphatic heterocycles. The van der Waals surface area contributed by atoms with E-state index >= 15 is 0 Å². The van der Waals surface area contributed by atoms with Crippen LogP contribution >= 0.6 is 0 Å². The van der Waals surface area contributed by atoms with Gasteiger partial charge in [-0.2, -0.15) is 0 Å². The molecule has 0 bridgehead atoms. The number of ether oxygens (including phenoxy) is 1. The number of nitrogens with two attached hydrogens (primary N) is 1. The molecule has 2 rings (SSSR count). The van der Waals surface area contributed by atoms with E-state index in [-0.39, 0.29) is 11.6 Å². The van der Waals surface area contributed by atoms with Gasteiger partial charge in [0.25, 0.3) is 0 Å². The third-order valence-electron chi connectivity index (χ3n) is 2.14. The van der Waals surface area contributed by atoms with E-state index in [2.05, 4.69) is 5.16 Å². The van der Waals surface area contributed by atoms with Crippen molar-refractivity contribution in [3.63, 3.8) is 0 Å². The molecule has 4 nitrogen and oxygen atoms in total. The van der Waals surface area contributed by atoms with Crippen LogP contribution in [-0.2, 0) is 0 Å². The number of benzene rings is 1. The lowest BCUT2D eigenvalue weighted by atomic mass is 10.1. The van der Waals surface area contributed by atoms with Crippen molar-refractivity contribution in [2.75, 3.05) is 12.3 Å². The molecule has 0 atom stereocenters. The maximum absolute atomic E-state index is 13.5. The Balaban J connectivity index is 2.38. The molecular formula is C11H11FN2O2. The lowest BCUT2D eigenvalue weighted by Gasteiger charge is -2.05. The summed E-state index contributed by atoms with van der Waals surface area (Å²) in [5.41, 5.74) is 6.72. The predicted octanol–water partition coefficient (Wildman–Crippen LogP) is 2.46. The summed E-state index contributed by atoms with van der Waals surface area (Å²) in [6.07, 6.45) is 1.45. The Morgan fingerprint density at radius 1 is 1.50 bits per heavy atom. The van der Waals surface area contributed by atoms with Gasteiger partial charge in [0.1, 0.15) is 0 Å². The molecule has 0 aliphatic rings. The zero-order valence-corrected chi connectivity index (χ0v) is 8.74. The molecule has 0 unspecified atom stereocenters. The average Bonchev–Trinajstić information content (AvgIpc) is 2.68. The Kier molecular flexibility index (Phi) is 2.76. The number of nitrogens with zero attached hydrogens (tertiary/aromatic N) is 1. The normalized spacial score (nSPS) is 10.4. The van der Waals surface area contributed by atoms with Gasteiger partial charge in [-0.05, 0) is 24.6 Å². The molecular weight excluding hydrogens is 211 g/mol. The van der Waals surface area contributed by atoms with Gasteiger partial charge in [-0.3, -0.25) is 0 Å². The second-order valence-corrected chi connectivity index (χ2v) is 3.18. The number of aromatic nitrogens is 1. The van der Waals surface area contributed by atoms with Crippen LogP contribution in [0.15, 0.2) is 28.9 Å². The minimum Gasteiger partial charge on any atom is -0.491 e. The second kappa shape index (κ2) is 4.22. The minimum absolute atomic E-state index is 0.170. The molecule has 0 saturated heterocycles. The van der Waals surface area contributed by atoms with Crippen LogP contribution in [0.5, 0.6) is 5.75 Å². The summed E-state index contributed by atoms with van der Waals surface area (Å²) >= 11 is 0. The largest absolute Gasteiger partial charge is 0.491 e.